The summed E-state index contributed by atoms with van der Waals surface area (Å²) < 4.78 is 5.91. The van der Waals surface area contributed by atoms with Gasteiger partial charge in [0.2, 0.25) is 0 Å². The molecule has 0 amide bonds. The number of para-hydroxylation sites is 1. The molecule has 2 aromatic carbocycles. The van der Waals surface area contributed by atoms with Gasteiger partial charge in [-0.3, -0.25) is 9.88 Å². The lowest BCUT2D eigenvalue weighted by Gasteiger charge is -2.42. The number of pyridine rings is 1. The molecule has 1 fully saturated rings. The minimum Gasteiger partial charge on any atom is -0.494 e. The van der Waals surface area contributed by atoms with Crippen molar-refractivity contribution in [3.8, 4) is 5.75 Å². The Morgan fingerprint density at radius 3 is 2.79 bits per heavy atom. The predicted molar refractivity (Wildman–Crippen MR) is 112 cm³/mol. The first-order valence-corrected chi connectivity index (χ1v) is 10.1. The first-order valence-electron chi connectivity index (χ1n) is 10.1. The van der Waals surface area contributed by atoms with E-state index in [0.717, 1.165) is 50.2 Å². The van der Waals surface area contributed by atoms with Gasteiger partial charge in [0, 0.05) is 30.1 Å². The molecule has 0 bridgehead atoms. The normalized spacial score (nSPS) is 20.3. The van der Waals surface area contributed by atoms with Gasteiger partial charge in [0.1, 0.15) is 5.75 Å². The topological polar surface area (TPSA) is 45.6 Å². The summed E-state index contributed by atoms with van der Waals surface area (Å²) in [7, 11) is 0. The average Bonchev–Trinajstić information content (AvgIpc) is 2.75. The highest BCUT2D eigenvalue weighted by molar-refractivity contribution is 5.81. The van der Waals surface area contributed by atoms with Crippen molar-refractivity contribution in [2.75, 3.05) is 26.3 Å². The third kappa shape index (κ3) is 4.34. The highest BCUT2D eigenvalue weighted by Gasteiger charge is 2.35. The summed E-state index contributed by atoms with van der Waals surface area (Å²) in [6, 6.07) is 20.4. The molecule has 2 heterocycles. The van der Waals surface area contributed by atoms with Gasteiger partial charge < -0.3 is 9.84 Å². The van der Waals surface area contributed by atoms with Crippen LogP contribution in [0.5, 0.6) is 5.75 Å². The number of rotatable bonds is 7. The van der Waals surface area contributed by atoms with Crippen LogP contribution in [0.3, 0.4) is 0 Å². The standard InChI is InChI=1S/C24H28N2O2/c27-19-24(13-16-28-21-8-2-1-3-9-21)12-6-15-26(18-24)17-20-7-4-11-23-22(20)10-5-14-25-23/h1-5,7-11,14,27H,6,12-13,15-19H2/t24-/m1/s1. The number of ether oxygens (including phenoxy) is 1. The van der Waals surface area contributed by atoms with Crippen molar-refractivity contribution >= 4 is 10.9 Å². The van der Waals surface area contributed by atoms with Crippen LogP contribution in [0, 0.1) is 5.41 Å². The lowest BCUT2D eigenvalue weighted by atomic mass is 9.78. The number of likely N-dealkylation sites (tertiary alicyclic amines) is 1. The molecule has 28 heavy (non-hydrogen) atoms. The van der Waals surface area contributed by atoms with Crippen molar-refractivity contribution < 1.29 is 9.84 Å². The highest BCUT2D eigenvalue weighted by Crippen LogP contribution is 2.34. The Kier molecular flexibility index (Phi) is 5.89. The van der Waals surface area contributed by atoms with E-state index >= 15 is 0 Å². The summed E-state index contributed by atoms with van der Waals surface area (Å²) in [5, 5.41) is 11.4. The Bertz CT molecular complexity index is 894. The largest absolute Gasteiger partial charge is 0.494 e. The molecule has 1 aliphatic heterocycles. The zero-order valence-electron chi connectivity index (χ0n) is 16.3. The average molecular weight is 377 g/mol. The number of fused-ring (bicyclic) bond motifs is 1. The van der Waals surface area contributed by atoms with Crippen LogP contribution >= 0.6 is 0 Å². The number of aliphatic hydroxyl groups excluding tert-OH is 1. The van der Waals surface area contributed by atoms with Crippen molar-refractivity contribution in [1.29, 1.82) is 0 Å². The van der Waals surface area contributed by atoms with E-state index in [0.29, 0.717) is 6.61 Å². The maximum Gasteiger partial charge on any atom is 0.119 e. The molecule has 4 heteroatoms. The molecule has 1 atom stereocenters. The predicted octanol–water partition coefficient (Wildman–Crippen LogP) is 4.28. The molecule has 4 rings (SSSR count). The van der Waals surface area contributed by atoms with Crippen molar-refractivity contribution in [3.05, 3.63) is 72.4 Å². The molecule has 1 N–H and O–H groups in total. The lowest BCUT2D eigenvalue weighted by molar-refractivity contribution is 0.0130. The Balaban J connectivity index is 1.41. The van der Waals surface area contributed by atoms with Crippen molar-refractivity contribution in [2.45, 2.75) is 25.8 Å². The molecule has 0 unspecified atom stereocenters. The fourth-order valence-electron chi connectivity index (χ4n) is 4.31. The van der Waals surface area contributed by atoms with E-state index in [1.165, 1.54) is 10.9 Å². The van der Waals surface area contributed by atoms with E-state index in [1.807, 2.05) is 42.6 Å². The van der Waals surface area contributed by atoms with Crippen LogP contribution in [0.2, 0.25) is 0 Å². The Labute approximate surface area is 166 Å². The van der Waals surface area contributed by atoms with E-state index in [4.69, 9.17) is 4.74 Å². The SMILES string of the molecule is OC[C@@]1(CCOc2ccccc2)CCCN(Cc2cccc3ncccc23)C1. The van der Waals surface area contributed by atoms with Gasteiger partial charge in [-0.2, -0.15) is 0 Å². The van der Waals surface area contributed by atoms with E-state index in [9.17, 15) is 5.11 Å². The second kappa shape index (κ2) is 8.72. The smallest absolute Gasteiger partial charge is 0.119 e. The molecule has 4 nitrogen and oxygen atoms in total. The summed E-state index contributed by atoms with van der Waals surface area (Å²) >= 11 is 0. The van der Waals surface area contributed by atoms with E-state index in [1.54, 1.807) is 0 Å². The summed E-state index contributed by atoms with van der Waals surface area (Å²) in [6.45, 7) is 3.70. The van der Waals surface area contributed by atoms with Crippen LogP contribution in [0.1, 0.15) is 24.8 Å². The first-order chi connectivity index (χ1) is 13.8. The van der Waals surface area contributed by atoms with Crippen LogP contribution in [0.25, 0.3) is 10.9 Å². The van der Waals surface area contributed by atoms with Gasteiger partial charge in [-0.15, -0.1) is 0 Å². The van der Waals surface area contributed by atoms with Gasteiger partial charge in [0.15, 0.2) is 0 Å². The summed E-state index contributed by atoms with van der Waals surface area (Å²) in [6.07, 6.45) is 4.87. The molecule has 1 saturated heterocycles. The van der Waals surface area contributed by atoms with Gasteiger partial charge in [-0.05, 0) is 55.6 Å². The maximum atomic E-state index is 10.2. The molecule has 146 valence electrons. The minimum absolute atomic E-state index is 0.0874. The summed E-state index contributed by atoms with van der Waals surface area (Å²) in [4.78, 5) is 6.95. The Hall–Kier alpha value is -2.43. The molecule has 1 aromatic heterocycles. The zero-order valence-corrected chi connectivity index (χ0v) is 16.3. The molecule has 0 saturated carbocycles. The van der Waals surface area contributed by atoms with Crippen molar-refractivity contribution in [1.82, 2.24) is 9.88 Å². The van der Waals surface area contributed by atoms with Gasteiger partial charge >= 0.3 is 0 Å². The Morgan fingerprint density at radius 1 is 1.04 bits per heavy atom. The first kappa shape index (κ1) is 18.9. The number of aliphatic hydroxyl groups is 1. The van der Waals surface area contributed by atoms with Crippen molar-refractivity contribution in [3.63, 3.8) is 0 Å². The highest BCUT2D eigenvalue weighted by atomic mass is 16.5. The Morgan fingerprint density at radius 2 is 1.93 bits per heavy atom. The van der Waals surface area contributed by atoms with Gasteiger partial charge in [-0.25, -0.2) is 0 Å². The molecule has 0 spiro atoms. The fraction of sp³-hybridized carbons (Fsp3) is 0.375. The molecule has 3 aromatic rings. The monoisotopic (exact) mass is 376 g/mol. The maximum absolute atomic E-state index is 10.2. The molecular weight excluding hydrogens is 348 g/mol. The van der Waals surface area contributed by atoms with Crippen LogP contribution in [-0.4, -0.2) is 41.3 Å². The lowest BCUT2D eigenvalue weighted by Crippen LogP contribution is -2.45. The summed E-state index contributed by atoms with van der Waals surface area (Å²) in [5.41, 5.74) is 2.26. The molecule has 0 aliphatic carbocycles. The van der Waals surface area contributed by atoms with Crippen molar-refractivity contribution in [2.24, 2.45) is 5.41 Å². The molecular formula is C24H28N2O2. The number of hydrogen-bond donors (Lipinski definition) is 1. The van der Waals surface area contributed by atoms with E-state index in [-0.39, 0.29) is 12.0 Å². The number of hydrogen-bond acceptors (Lipinski definition) is 4. The minimum atomic E-state index is -0.0874. The number of benzene rings is 2. The number of aromatic nitrogens is 1. The van der Waals surface area contributed by atoms with Crippen LogP contribution in [0.15, 0.2) is 66.9 Å². The molecule has 0 radical (unpaired) electrons. The number of nitrogens with zero attached hydrogens (tertiary/aromatic N) is 2. The number of piperidine rings is 1. The quantitative estimate of drug-likeness (QED) is 0.669. The van der Waals surface area contributed by atoms with Crippen LogP contribution < -0.4 is 4.74 Å². The van der Waals surface area contributed by atoms with Gasteiger partial charge in [0.25, 0.3) is 0 Å². The second-order valence-corrected chi connectivity index (χ2v) is 7.87. The third-order valence-corrected chi connectivity index (χ3v) is 5.85. The third-order valence-electron chi connectivity index (χ3n) is 5.85. The molecule has 1 aliphatic rings. The van der Waals surface area contributed by atoms with E-state index < -0.39 is 0 Å². The van der Waals surface area contributed by atoms with Crippen LogP contribution in [-0.2, 0) is 6.54 Å². The zero-order chi connectivity index (χ0) is 19.2. The summed E-state index contributed by atoms with van der Waals surface area (Å²) in [5.74, 6) is 0.895. The van der Waals surface area contributed by atoms with Gasteiger partial charge in [0.05, 0.1) is 18.7 Å². The van der Waals surface area contributed by atoms with E-state index in [2.05, 4.69) is 34.1 Å². The second-order valence-electron chi connectivity index (χ2n) is 7.87. The van der Waals surface area contributed by atoms with Gasteiger partial charge in [-0.1, -0.05) is 36.4 Å². The van der Waals surface area contributed by atoms with Crippen LogP contribution in [0.4, 0.5) is 0 Å². The fourth-order valence-corrected chi connectivity index (χ4v) is 4.31.